The number of carbonyl (C=O) groups is 2. The molecule has 3 aromatic rings. The van der Waals surface area contributed by atoms with Gasteiger partial charge in [0.05, 0.1) is 7.11 Å². The maximum Gasteiger partial charge on any atom is 0.415 e. The third-order valence-electron chi connectivity index (χ3n) is 5.76. The summed E-state index contributed by atoms with van der Waals surface area (Å²) in [5.74, 6) is 1.10. The largest absolute Gasteiger partial charge is 0.481 e. The van der Waals surface area contributed by atoms with Gasteiger partial charge in [0.25, 0.3) is 5.91 Å². The van der Waals surface area contributed by atoms with Crippen LogP contribution in [0, 0.1) is 0 Å². The molecule has 0 saturated carbocycles. The van der Waals surface area contributed by atoms with Crippen molar-refractivity contribution in [2.45, 2.75) is 38.4 Å². The molecule has 0 bridgehead atoms. The maximum absolute atomic E-state index is 12.2. The summed E-state index contributed by atoms with van der Waals surface area (Å²) in [7, 11) is 1.54. The van der Waals surface area contributed by atoms with E-state index in [1.807, 2.05) is 12.1 Å². The Morgan fingerprint density at radius 3 is 2.56 bits per heavy atom. The van der Waals surface area contributed by atoms with E-state index in [0.29, 0.717) is 28.5 Å². The van der Waals surface area contributed by atoms with Crippen LogP contribution in [0.25, 0.3) is 0 Å². The van der Waals surface area contributed by atoms with Gasteiger partial charge in [0.15, 0.2) is 0 Å². The molecule has 1 aliphatic rings. The summed E-state index contributed by atoms with van der Waals surface area (Å²) in [6.45, 7) is 3.61. The monoisotopic (exact) mass is 462 g/mol. The highest BCUT2D eigenvalue weighted by molar-refractivity contribution is 6.03. The number of alkyl carbamates (subject to hydrolysis) is 1. The number of carbonyl (C=O) groups excluding carboxylic acids is 2. The lowest BCUT2D eigenvalue weighted by Gasteiger charge is -2.21. The number of amides is 2. The maximum atomic E-state index is 12.2. The van der Waals surface area contributed by atoms with Crippen molar-refractivity contribution in [3.8, 4) is 17.4 Å². The molecular formula is C26H26N2O6. The highest BCUT2D eigenvalue weighted by Crippen LogP contribution is 2.35. The third-order valence-corrected chi connectivity index (χ3v) is 5.76. The van der Waals surface area contributed by atoms with Crippen LogP contribution in [0.2, 0.25) is 0 Å². The molecule has 8 nitrogen and oxygen atoms in total. The molecule has 2 amide bonds. The number of nitrogens with zero attached hydrogens (tertiary/aromatic N) is 1. The summed E-state index contributed by atoms with van der Waals surface area (Å²) >= 11 is 0. The number of benzene rings is 2. The number of imide groups is 1. The topological polar surface area (TPSA) is 107 Å². The number of pyridine rings is 1. The number of aliphatic hydroxyl groups is 1. The van der Waals surface area contributed by atoms with Crippen molar-refractivity contribution < 1.29 is 28.9 Å². The van der Waals surface area contributed by atoms with Crippen LogP contribution in [0.5, 0.6) is 17.4 Å². The van der Waals surface area contributed by atoms with Gasteiger partial charge in [-0.2, -0.15) is 0 Å². The molecule has 2 heterocycles. The lowest BCUT2D eigenvalue weighted by molar-refractivity contribution is -0.130. The number of aromatic nitrogens is 1. The molecule has 1 unspecified atom stereocenters. The van der Waals surface area contributed by atoms with Crippen LogP contribution in [-0.2, 0) is 21.6 Å². The van der Waals surface area contributed by atoms with Crippen LogP contribution in [0.15, 0.2) is 60.8 Å². The number of hydrogen-bond donors (Lipinski definition) is 2. The number of nitrogens with one attached hydrogen (secondary N) is 1. The van der Waals surface area contributed by atoms with Crippen molar-refractivity contribution in [3.05, 3.63) is 83.0 Å². The van der Waals surface area contributed by atoms with E-state index in [1.165, 1.54) is 0 Å². The molecule has 4 rings (SSSR count). The molecule has 0 radical (unpaired) electrons. The highest BCUT2D eigenvalue weighted by Gasteiger charge is 2.46. The third kappa shape index (κ3) is 4.58. The number of hydrogen-bond acceptors (Lipinski definition) is 7. The Kier molecular flexibility index (Phi) is 6.51. The molecule has 176 valence electrons. The second kappa shape index (κ2) is 9.52. The van der Waals surface area contributed by atoms with Crippen molar-refractivity contribution in [1.29, 1.82) is 0 Å². The first kappa shape index (κ1) is 23.3. The van der Waals surface area contributed by atoms with E-state index in [4.69, 9.17) is 14.2 Å². The smallest absolute Gasteiger partial charge is 0.415 e. The fourth-order valence-electron chi connectivity index (χ4n) is 3.84. The van der Waals surface area contributed by atoms with E-state index in [1.54, 1.807) is 62.7 Å². The zero-order valence-corrected chi connectivity index (χ0v) is 19.2. The van der Waals surface area contributed by atoms with Gasteiger partial charge in [0.1, 0.15) is 17.6 Å². The zero-order valence-electron chi connectivity index (χ0n) is 19.2. The fraction of sp³-hybridized carbons (Fsp3) is 0.269. The van der Waals surface area contributed by atoms with Gasteiger partial charge in [0.2, 0.25) is 11.5 Å². The number of aryl methyl sites for hydroxylation is 1. The Labute approximate surface area is 197 Å². The van der Waals surface area contributed by atoms with Crippen molar-refractivity contribution in [1.82, 2.24) is 10.3 Å². The van der Waals surface area contributed by atoms with Crippen LogP contribution >= 0.6 is 0 Å². The molecule has 2 N–H and O–H groups in total. The molecule has 2 aromatic carbocycles. The Hall–Kier alpha value is -3.91. The normalized spacial score (nSPS) is 18.2. The summed E-state index contributed by atoms with van der Waals surface area (Å²) in [4.78, 5) is 27.9. The van der Waals surface area contributed by atoms with E-state index in [9.17, 15) is 14.7 Å². The first-order valence-electron chi connectivity index (χ1n) is 11.0. The SMILES string of the molecule is CCCc1cc(C(O)c2ccc(OC)nc2)ccc1Oc1cccc([C@@]2(C)OC(=O)NC2=O)c1. The van der Waals surface area contributed by atoms with E-state index < -0.39 is 23.7 Å². The van der Waals surface area contributed by atoms with Gasteiger partial charge < -0.3 is 19.3 Å². The Bertz CT molecular complexity index is 1210. The summed E-state index contributed by atoms with van der Waals surface area (Å²) in [6, 6.07) is 15.9. The first-order valence-corrected chi connectivity index (χ1v) is 11.0. The summed E-state index contributed by atoms with van der Waals surface area (Å²) in [5, 5.41) is 13.0. The summed E-state index contributed by atoms with van der Waals surface area (Å²) < 4.78 is 16.5. The Morgan fingerprint density at radius 1 is 1.12 bits per heavy atom. The number of rotatable bonds is 8. The number of ether oxygens (including phenoxy) is 3. The van der Waals surface area contributed by atoms with Gasteiger partial charge >= 0.3 is 6.09 Å². The van der Waals surface area contributed by atoms with E-state index in [0.717, 1.165) is 24.0 Å². The van der Waals surface area contributed by atoms with Crippen LogP contribution in [0.1, 0.15) is 48.6 Å². The predicted octanol–water partition coefficient (Wildman–Crippen LogP) is 4.40. The van der Waals surface area contributed by atoms with E-state index in [-0.39, 0.29) is 0 Å². The molecule has 1 aliphatic heterocycles. The minimum atomic E-state index is -1.41. The molecule has 1 saturated heterocycles. The van der Waals surface area contributed by atoms with Gasteiger partial charge in [-0.1, -0.05) is 31.5 Å². The lowest BCUT2D eigenvalue weighted by Crippen LogP contribution is -2.33. The molecule has 8 heteroatoms. The highest BCUT2D eigenvalue weighted by atomic mass is 16.6. The Morgan fingerprint density at radius 2 is 1.91 bits per heavy atom. The number of aliphatic hydroxyl groups excluding tert-OH is 1. The van der Waals surface area contributed by atoms with Gasteiger partial charge in [-0.15, -0.1) is 0 Å². The van der Waals surface area contributed by atoms with Gasteiger partial charge in [0, 0.05) is 23.4 Å². The minimum absolute atomic E-state index is 0.479. The summed E-state index contributed by atoms with van der Waals surface area (Å²) in [5.41, 5.74) is 1.40. The van der Waals surface area contributed by atoms with Gasteiger partial charge in [-0.25, -0.2) is 9.78 Å². The van der Waals surface area contributed by atoms with Crippen LogP contribution in [-0.4, -0.2) is 29.2 Å². The molecule has 34 heavy (non-hydrogen) atoms. The standard InChI is InChI=1S/C26H26N2O6/c1-4-6-16-13-17(23(29)18-10-12-22(32-3)27-15-18)9-11-21(16)33-20-8-5-7-19(14-20)26(2)24(30)28-25(31)34-26/h5,7-15,23,29H,4,6H2,1-3H3,(H,28,30,31)/t23?,26-/m1/s1. The fourth-order valence-corrected chi connectivity index (χ4v) is 3.84. The Balaban J connectivity index is 1.60. The van der Waals surface area contributed by atoms with E-state index in [2.05, 4.69) is 17.2 Å². The van der Waals surface area contributed by atoms with Gasteiger partial charge in [-0.3, -0.25) is 10.1 Å². The second-order valence-corrected chi connectivity index (χ2v) is 8.16. The average molecular weight is 463 g/mol. The molecular weight excluding hydrogens is 436 g/mol. The van der Waals surface area contributed by atoms with Gasteiger partial charge in [-0.05, 0) is 54.8 Å². The molecule has 1 fully saturated rings. The van der Waals surface area contributed by atoms with Crippen molar-refractivity contribution in [3.63, 3.8) is 0 Å². The minimum Gasteiger partial charge on any atom is -0.481 e. The van der Waals surface area contributed by atoms with Crippen molar-refractivity contribution in [2.75, 3.05) is 7.11 Å². The van der Waals surface area contributed by atoms with Crippen molar-refractivity contribution in [2.24, 2.45) is 0 Å². The van der Waals surface area contributed by atoms with Crippen LogP contribution in [0.3, 0.4) is 0 Å². The van der Waals surface area contributed by atoms with Crippen LogP contribution < -0.4 is 14.8 Å². The van der Waals surface area contributed by atoms with Crippen LogP contribution in [0.4, 0.5) is 4.79 Å². The predicted molar refractivity (Wildman–Crippen MR) is 124 cm³/mol. The second-order valence-electron chi connectivity index (χ2n) is 8.16. The number of cyclic esters (lactones) is 1. The van der Waals surface area contributed by atoms with Crippen molar-refractivity contribution >= 4 is 12.0 Å². The quantitative estimate of drug-likeness (QED) is 0.511. The molecule has 1 aromatic heterocycles. The number of methoxy groups -OCH3 is 1. The van der Waals surface area contributed by atoms with E-state index >= 15 is 0 Å². The molecule has 0 aliphatic carbocycles. The summed E-state index contributed by atoms with van der Waals surface area (Å²) in [6.07, 6.45) is 1.60. The molecule has 0 spiro atoms. The zero-order chi connectivity index (χ0) is 24.3. The average Bonchev–Trinajstić information content (AvgIpc) is 3.12. The molecule has 2 atom stereocenters. The first-order chi connectivity index (χ1) is 16.3. The lowest BCUT2D eigenvalue weighted by atomic mass is 9.95.